The van der Waals surface area contributed by atoms with Crippen molar-refractivity contribution in [3.05, 3.63) is 147 Å². The molecule has 486 valence electrons. The number of hydrogen-bond acceptors (Lipinski definition) is 25. The van der Waals surface area contributed by atoms with Crippen LogP contribution in [0.1, 0.15) is 117 Å². The molecule has 4 aliphatic heterocycles. The molecule has 4 aliphatic rings. The van der Waals surface area contributed by atoms with Crippen molar-refractivity contribution in [3.63, 3.8) is 0 Å². The van der Waals surface area contributed by atoms with E-state index in [0.717, 1.165) is 75.0 Å². The Hall–Kier alpha value is -8.01. The minimum absolute atomic E-state index is 0.00881. The van der Waals surface area contributed by atoms with Gasteiger partial charge in [0.15, 0.2) is 5.78 Å². The van der Waals surface area contributed by atoms with E-state index in [-0.39, 0.29) is 64.6 Å². The number of nitrogens with one attached hydrogen (secondary N) is 3. The Balaban J connectivity index is 0.856. The lowest BCUT2D eigenvalue weighted by molar-refractivity contribution is -0.134. The molecule has 11 heterocycles. The number of fused-ring (bicyclic) bond motifs is 16. The molecule has 3 fully saturated rings. The predicted molar refractivity (Wildman–Crippen MR) is 359 cm³/mol. The number of carbonyl (C=O) groups is 6. The van der Waals surface area contributed by atoms with Crippen LogP contribution in [0.3, 0.4) is 0 Å². The van der Waals surface area contributed by atoms with Crippen LogP contribution in [0, 0.1) is 12.8 Å². The number of aryl methyl sites for hydroxylation is 1. The second kappa shape index (κ2) is 28.1. The Morgan fingerprint density at radius 1 is 0.660 bits per heavy atom. The van der Waals surface area contributed by atoms with Gasteiger partial charge in [-0.05, 0) is 42.3 Å². The maximum Gasteiger partial charge on any atom is 0.273 e. The SMILES string of the molecule is Cc1sc2nc1C(=O)C[C@@H]([C@H](O)c1ccccc1)c1nc(cs1)C(=O)N[C@@H](Cc1ccc(O)cc1)C(=O)N1C[C@H](O)[C@H](C)[C@H]1c1nc(cs1)-c1nc(cs1)-c1nc(-c3nc(C(=O)N4CCN(CCN5CCNCC5)CC4)cs3)ccc1-c1nc(cs1)C(=O)N[C@H]2CC(N)=O. The van der Waals surface area contributed by atoms with E-state index in [2.05, 4.69) is 25.8 Å². The molecule has 7 atom stereocenters. The van der Waals surface area contributed by atoms with Crippen LogP contribution >= 0.6 is 68.0 Å². The van der Waals surface area contributed by atoms with E-state index in [0.29, 0.717) is 83.2 Å². The monoisotopic (exact) mass is 1380 g/mol. The van der Waals surface area contributed by atoms with Gasteiger partial charge in [0.25, 0.3) is 17.7 Å². The zero-order chi connectivity index (χ0) is 65.3. The molecule has 24 nitrogen and oxygen atoms in total. The summed E-state index contributed by atoms with van der Waals surface area (Å²) in [5, 5.41) is 54.0. The number of rotatable bonds is 11. The summed E-state index contributed by atoms with van der Waals surface area (Å²) in [6, 6.07) is 15.5. The molecule has 94 heavy (non-hydrogen) atoms. The van der Waals surface area contributed by atoms with Crippen molar-refractivity contribution >= 4 is 103 Å². The number of pyridine rings is 1. The summed E-state index contributed by atoms with van der Waals surface area (Å²) in [7, 11) is 0. The van der Waals surface area contributed by atoms with Gasteiger partial charge in [-0.1, -0.05) is 49.4 Å². The van der Waals surface area contributed by atoms with Crippen LogP contribution in [0.25, 0.3) is 43.4 Å². The molecular weight excluding hydrogens is 1320 g/mol. The number of aliphatic hydroxyl groups is 2. The molecule has 10 bridgehead atoms. The Labute approximate surface area is 563 Å². The van der Waals surface area contributed by atoms with E-state index < -0.39 is 71.6 Å². The lowest BCUT2D eigenvalue weighted by Crippen LogP contribution is -2.51. The van der Waals surface area contributed by atoms with Gasteiger partial charge in [-0.3, -0.25) is 38.6 Å². The number of hydrogen-bond donors (Lipinski definition) is 7. The summed E-state index contributed by atoms with van der Waals surface area (Å²) in [6.45, 7) is 12.2. The van der Waals surface area contributed by atoms with Gasteiger partial charge in [0, 0.05) is 134 Å². The number of Topliss-reactive ketones (excluding diaryl/α,β-unsaturated/α-hetero) is 1. The van der Waals surface area contributed by atoms with Crippen molar-refractivity contribution in [1.29, 1.82) is 0 Å². The molecule has 0 spiro atoms. The Morgan fingerprint density at radius 2 is 1.30 bits per heavy atom. The van der Waals surface area contributed by atoms with Gasteiger partial charge < -0.3 is 46.8 Å². The number of aliphatic hydroxyl groups excluding tert-OH is 2. The average Bonchev–Trinajstić information content (AvgIpc) is 1.62. The Bertz CT molecular complexity index is 4270. The molecule has 0 aliphatic carbocycles. The number of ketones is 1. The predicted octanol–water partition coefficient (Wildman–Crippen LogP) is 6.84. The van der Waals surface area contributed by atoms with Crippen molar-refractivity contribution < 1.29 is 44.1 Å². The number of carbonyl (C=O) groups excluding carboxylic acids is 6. The van der Waals surface area contributed by atoms with Gasteiger partial charge in [0.05, 0.1) is 41.4 Å². The van der Waals surface area contributed by atoms with Crippen LogP contribution in [0.5, 0.6) is 5.75 Å². The smallest absolute Gasteiger partial charge is 0.273 e. The third-order valence-electron chi connectivity index (χ3n) is 17.3. The molecule has 0 unspecified atom stereocenters. The molecule has 2 aromatic carbocycles. The van der Waals surface area contributed by atoms with Crippen LogP contribution in [0.2, 0.25) is 0 Å². The summed E-state index contributed by atoms with van der Waals surface area (Å²) in [5.74, 6) is -4.77. The van der Waals surface area contributed by atoms with E-state index in [1.54, 1.807) is 66.2 Å². The lowest BCUT2D eigenvalue weighted by atomic mass is 9.90. The van der Waals surface area contributed by atoms with E-state index in [9.17, 15) is 39.3 Å². The van der Waals surface area contributed by atoms with Crippen molar-refractivity contribution in [2.75, 3.05) is 72.0 Å². The van der Waals surface area contributed by atoms with Gasteiger partial charge in [0.2, 0.25) is 11.8 Å². The standard InChI is InChI=1S/C64H65N15O9S6/c1-33-49(82)27-79-53(33)62-73-46(31-93-62)60-70-43(28-91-60)52-38(12-13-40(67-52)59-74-47(32-92-59)63(87)78-22-20-77(21-23-78)19-18-76-16-14-66-15-17-76)57-71-44(29-89-57)55(85)68-41(26-50(65)83)61-75-51(34(2)94-61)48(81)25-39(54(84)36-6-4-3-5-7-36)58-72-45(30-90-58)56(86)69-42(64(79)88)24-35-8-10-37(80)11-9-35/h3-13,28-33,39,41-42,49,53-54,66,80,82,84H,14-27H2,1-2H3,(H2,65,83)(H,68,85)(H,69,86)/t33-,39-,41-,42-,49-,53-,54+/m0/s1. The van der Waals surface area contributed by atoms with Crippen LogP contribution in [0.4, 0.5) is 0 Å². The van der Waals surface area contributed by atoms with Gasteiger partial charge in [-0.2, -0.15) is 0 Å². The highest BCUT2D eigenvalue weighted by molar-refractivity contribution is 7.15. The number of aromatic hydroxyl groups is 1. The van der Waals surface area contributed by atoms with Crippen molar-refractivity contribution in [3.8, 4) is 49.1 Å². The van der Waals surface area contributed by atoms with Crippen LogP contribution in [0.15, 0.2) is 93.6 Å². The fourth-order valence-electron chi connectivity index (χ4n) is 12.1. The number of phenolic OH excluding ortho intramolecular Hbond substituents is 1. The fraction of sp³-hybridized carbons (Fsp3) is 0.359. The van der Waals surface area contributed by atoms with Gasteiger partial charge >= 0.3 is 0 Å². The molecule has 5 amide bonds. The maximum atomic E-state index is 15.3. The highest BCUT2D eigenvalue weighted by atomic mass is 32.1. The second-order valence-electron chi connectivity index (χ2n) is 23.6. The number of nitrogens with zero attached hydrogens (tertiary/aromatic N) is 11. The largest absolute Gasteiger partial charge is 0.508 e. The van der Waals surface area contributed by atoms with E-state index in [1.807, 2.05) is 28.7 Å². The first-order chi connectivity index (χ1) is 45.5. The number of nitrogens with two attached hydrogens (primary N) is 1. The molecular formula is C64H65N15O9S6. The summed E-state index contributed by atoms with van der Waals surface area (Å²) in [4.78, 5) is 129. The van der Waals surface area contributed by atoms with Crippen molar-refractivity contribution in [1.82, 2.24) is 70.4 Å². The van der Waals surface area contributed by atoms with E-state index in [1.165, 1.54) is 67.8 Å². The summed E-state index contributed by atoms with van der Waals surface area (Å²) in [5.41, 5.74) is 9.48. The fourth-order valence-corrected chi connectivity index (χ4v) is 17.5. The van der Waals surface area contributed by atoms with Gasteiger partial charge in [-0.25, -0.2) is 34.9 Å². The Kier molecular flexibility index (Phi) is 19.4. The number of amides is 5. The molecule has 7 aromatic heterocycles. The molecule has 30 heteroatoms. The van der Waals surface area contributed by atoms with Gasteiger partial charge in [-0.15, -0.1) is 68.0 Å². The maximum absolute atomic E-state index is 15.3. The van der Waals surface area contributed by atoms with Crippen molar-refractivity contribution in [2.45, 2.75) is 69.4 Å². The van der Waals surface area contributed by atoms with E-state index >= 15 is 4.79 Å². The summed E-state index contributed by atoms with van der Waals surface area (Å²) >= 11 is 7.23. The minimum Gasteiger partial charge on any atom is -0.508 e. The molecule has 3 saturated heterocycles. The summed E-state index contributed by atoms with van der Waals surface area (Å²) in [6.07, 6.45) is -2.98. The number of piperazine rings is 2. The molecule has 9 aromatic rings. The highest BCUT2D eigenvalue weighted by Crippen LogP contribution is 2.43. The number of benzene rings is 2. The van der Waals surface area contributed by atoms with E-state index in [4.69, 9.17) is 40.6 Å². The first kappa shape index (κ1) is 64.7. The minimum atomic E-state index is -1.30. The number of aromatic nitrogens is 7. The number of thiazole rings is 6. The van der Waals surface area contributed by atoms with Crippen LogP contribution < -0.4 is 21.7 Å². The zero-order valence-electron chi connectivity index (χ0n) is 50.9. The van der Waals surface area contributed by atoms with Crippen LogP contribution in [-0.2, 0) is 16.0 Å². The summed E-state index contributed by atoms with van der Waals surface area (Å²) < 4.78 is 0. The van der Waals surface area contributed by atoms with Crippen LogP contribution in [-0.4, -0.2) is 189 Å². The highest BCUT2D eigenvalue weighted by Gasteiger charge is 2.46. The normalized spacial score (nSPS) is 21.4. The second-order valence-corrected chi connectivity index (χ2v) is 29.2. The quantitative estimate of drug-likeness (QED) is 0.0697. The first-order valence-corrected chi connectivity index (χ1v) is 35.8. The first-order valence-electron chi connectivity index (χ1n) is 30.6. The zero-order valence-corrected chi connectivity index (χ0v) is 55.8. The third kappa shape index (κ3) is 14.0. The van der Waals surface area contributed by atoms with Gasteiger partial charge in [0.1, 0.15) is 76.7 Å². The topological polar surface area (TPSA) is 328 Å². The van der Waals surface area contributed by atoms with Crippen molar-refractivity contribution in [2.24, 2.45) is 11.7 Å². The molecule has 13 rings (SSSR count). The number of phenols is 1. The lowest BCUT2D eigenvalue weighted by Gasteiger charge is -2.36. The number of primary amides is 1. The molecule has 0 radical (unpaired) electrons. The molecule has 8 N–H and O–H groups in total. The third-order valence-corrected chi connectivity index (χ3v) is 22.9. The average molecular weight is 1380 g/mol. The Morgan fingerprint density at radius 3 is 2.05 bits per heavy atom. The molecule has 0 saturated carbocycles.